The molecule has 1 N–H and O–H groups in total. The van der Waals surface area contributed by atoms with Crippen LogP contribution in [0, 0.1) is 10.1 Å². The minimum atomic E-state index is -0.422. The van der Waals surface area contributed by atoms with E-state index in [0.717, 1.165) is 18.5 Å². The molecule has 1 aromatic carbocycles. The monoisotopic (exact) mass is 264 g/mol. The van der Waals surface area contributed by atoms with E-state index in [1.807, 2.05) is 19.1 Å². The van der Waals surface area contributed by atoms with Crippen LogP contribution in [-0.2, 0) is 6.54 Å². The number of nitrogens with one attached hydrogen (secondary N) is 1. The topological polar surface area (TPSA) is 64.4 Å². The van der Waals surface area contributed by atoms with Crippen molar-refractivity contribution in [1.29, 1.82) is 0 Å². The molecule has 19 heavy (non-hydrogen) atoms. The predicted molar refractivity (Wildman–Crippen MR) is 75.4 cm³/mol. The molecule has 0 aromatic heterocycles. The van der Waals surface area contributed by atoms with Gasteiger partial charge in [0, 0.05) is 12.6 Å². The third-order valence-electron chi connectivity index (χ3n) is 2.55. The van der Waals surface area contributed by atoms with Crippen molar-refractivity contribution in [3.8, 4) is 5.75 Å². The van der Waals surface area contributed by atoms with Crippen LogP contribution in [0.5, 0.6) is 5.75 Å². The Bertz CT molecular complexity index is 444. The molecule has 0 saturated carbocycles. The number of benzene rings is 1. The van der Waals surface area contributed by atoms with E-state index in [2.05, 4.69) is 12.2 Å². The summed E-state index contributed by atoms with van der Waals surface area (Å²) in [5.74, 6) is 0.318. The van der Waals surface area contributed by atoms with Gasteiger partial charge in [-0.25, -0.2) is 0 Å². The van der Waals surface area contributed by atoms with Crippen molar-refractivity contribution in [2.24, 2.45) is 0 Å². The summed E-state index contributed by atoms with van der Waals surface area (Å²) in [5.41, 5.74) is 0.985. The molecule has 0 radical (unpaired) electrons. The molecule has 0 unspecified atom stereocenters. The van der Waals surface area contributed by atoms with Gasteiger partial charge < -0.3 is 10.1 Å². The fraction of sp³-hybridized carbons (Fsp3) is 0.429. The number of rotatable bonds is 8. The summed E-state index contributed by atoms with van der Waals surface area (Å²) in [6.45, 7) is 5.91. The fourth-order valence-electron chi connectivity index (χ4n) is 1.58. The summed E-state index contributed by atoms with van der Waals surface area (Å²) in [6, 6.07) is 4.97. The van der Waals surface area contributed by atoms with E-state index < -0.39 is 4.92 Å². The lowest BCUT2D eigenvalue weighted by atomic mass is 10.2. The molecule has 5 heteroatoms. The van der Waals surface area contributed by atoms with Crippen molar-refractivity contribution < 1.29 is 9.66 Å². The molecule has 5 nitrogen and oxygen atoms in total. The fourth-order valence-corrected chi connectivity index (χ4v) is 1.58. The largest absolute Gasteiger partial charge is 0.483 e. The molecule has 0 aliphatic rings. The van der Waals surface area contributed by atoms with Gasteiger partial charge in [-0.05, 0) is 31.5 Å². The van der Waals surface area contributed by atoms with E-state index in [1.165, 1.54) is 6.07 Å². The van der Waals surface area contributed by atoms with Gasteiger partial charge >= 0.3 is 5.69 Å². The predicted octanol–water partition coefficient (Wildman–Crippen LogP) is 3.05. The number of nitro benzene ring substituents is 1. The Balaban J connectivity index is 2.81. The van der Waals surface area contributed by atoms with Gasteiger partial charge in [-0.3, -0.25) is 10.1 Å². The van der Waals surface area contributed by atoms with Crippen molar-refractivity contribution >= 4 is 5.69 Å². The Morgan fingerprint density at radius 3 is 2.89 bits per heavy atom. The molecule has 1 rings (SSSR count). The molecule has 0 atom stereocenters. The van der Waals surface area contributed by atoms with Crippen molar-refractivity contribution in [3.05, 3.63) is 46.0 Å². The maximum Gasteiger partial charge on any atom is 0.310 e. The second-order valence-corrected chi connectivity index (χ2v) is 4.12. The van der Waals surface area contributed by atoms with Crippen LogP contribution in [0.1, 0.15) is 25.8 Å². The van der Waals surface area contributed by atoms with Crippen molar-refractivity contribution in [2.45, 2.75) is 26.8 Å². The van der Waals surface area contributed by atoms with Crippen LogP contribution in [0.2, 0.25) is 0 Å². The Kier molecular flexibility index (Phi) is 6.60. The highest BCUT2D eigenvalue weighted by atomic mass is 16.6. The van der Waals surface area contributed by atoms with E-state index in [4.69, 9.17) is 4.74 Å². The zero-order valence-electron chi connectivity index (χ0n) is 11.4. The molecule has 0 aliphatic carbocycles. The van der Waals surface area contributed by atoms with Crippen molar-refractivity contribution in [1.82, 2.24) is 5.32 Å². The summed E-state index contributed by atoms with van der Waals surface area (Å²) in [7, 11) is 0. The van der Waals surface area contributed by atoms with E-state index in [9.17, 15) is 10.1 Å². The molecule has 0 bridgehead atoms. The minimum absolute atomic E-state index is 0.00347. The molecule has 1 aromatic rings. The third kappa shape index (κ3) is 5.09. The van der Waals surface area contributed by atoms with Gasteiger partial charge in [-0.1, -0.05) is 25.1 Å². The highest BCUT2D eigenvalue weighted by Gasteiger charge is 2.15. The molecule has 0 heterocycles. The number of nitrogens with zero attached hydrogens (tertiary/aromatic N) is 1. The minimum Gasteiger partial charge on any atom is -0.483 e. The summed E-state index contributed by atoms with van der Waals surface area (Å²) in [5, 5.41) is 14.2. The average molecular weight is 264 g/mol. The first-order valence-corrected chi connectivity index (χ1v) is 6.41. The number of ether oxygens (including phenoxy) is 1. The van der Waals surface area contributed by atoms with Crippen LogP contribution in [-0.4, -0.2) is 18.1 Å². The molecular weight excluding hydrogens is 244 g/mol. The van der Waals surface area contributed by atoms with Crippen LogP contribution in [0.25, 0.3) is 0 Å². The summed E-state index contributed by atoms with van der Waals surface area (Å²) in [6.07, 6.45) is 4.71. The van der Waals surface area contributed by atoms with E-state index in [-0.39, 0.29) is 5.69 Å². The Hall–Kier alpha value is -1.88. The highest BCUT2D eigenvalue weighted by Crippen LogP contribution is 2.28. The van der Waals surface area contributed by atoms with Crippen LogP contribution in [0.15, 0.2) is 30.4 Å². The molecule has 0 saturated heterocycles. The van der Waals surface area contributed by atoms with Gasteiger partial charge in [0.25, 0.3) is 0 Å². The Morgan fingerprint density at radius 1 is 1.47 bits per heavy atom. The zero-order valence-corrected chi connectivity index (χ0v) is 11.4. The van der Waals surface area contributed by atoms with Crippen molar-refractivity contribution in [3.63, 3.8) is 0 Å². The Labute approximate surface area is 113 Å². The van der Waals surface area contributed by atoms with Crippen LogP contribution < -0.4 is 10.1 Å². The van der Waals surface area contributed by atoms with Gasteiger partial charge in [0.1, 0.15) is 6.61 Å². The summed E-state index contributed by atoms with van der Waals surface area (Å²) < 4.78 is 5.43. The number of hydrogen-bond donors (Lipinski definition) is 1. The van der Waals surface area contributed by atoms with Gasteiger partial charge in [0.2, 0.25) is 0 Å². The maximum absolute atomic E-state index is 10.9. The molecule has 0 aliphatic heterocycles. The SMILES string of the molecule is C/C=C/COc1cc(CNCCC)ccc1[N+](=O)[O-]. The zero-order chi connectivity index (χ0) is 14.1. The quantitative estimate of drug-likeness (QED) is 0.339. The standard InChI is InChI=1S/C14H20N2O3/c1-3-5-9-19-14-10-12(11-15-8-4-2)6-7-13(14)16(17)18/h3,5-7,10,15H,4,8-9,11H2,1-2H3/b5-3+. The van der Waals surface area contributed by atoms with Gasteiger partial charge in [0.15, 0.2) is 5.75 Å². The van der Waals surface area contributed by atoms with Crippen LogP contribution >= 0.6 is 0 Å². The molecule has 0 spiro atoms. The first kappa shape index (κ1) is 15.2. The summed E-state index contributed by atoms with van der Waals surface area (Å²) in [4.78, 5) is 10.5. The Morgan fingerprint density at radius 2 is 2.26 bits per heavy atom. The number of nitro groups is 1. The van der Waals surface area contributed by atoms with E-state index in [1.54, 1.807) is 12.1 Å². The number of hydrogen-bond acceptors (Lipinski definition) is 4. The lowest BCUT2D eigenvalue weighted by molar-refractivity contribution is -0.385. The number of allylic oxidation sites excluding steroid dienone is 1. The van der Waals surface area contributed by atoms with E-state index in [0.29, 0.717) is 18.9 Å². The molecule has 104 valence electrons. The van der Waals surface area contributed by atoms with Crippen LogP contribution in [0.3, 0.4) is 0 Å². The van der Waals surface area contributed by atoms with Gasteiger partial charge in [-0.15, -0.1) is 0 Å². The highest BCUT2D eigenvalue weighted by molar-refractivity contribution is 5.48. The smallest absolute Gasteiger partial charge is 0.310 e. The average Bonchev–Trinajstić information content (AvgIpc) is 2.39. The normalized spacial score (nSPS) is 10.8. The second-order valence-electron chi connectivity index (χ2n) is 4.12. The first-order chi connectivity index (χ1) is 9.19. The van der Waals surface area contributed by atoms with Gasteiger partial charge in [-0.2, -0.15) is 0 Å². The molecular formula is C14H20N2O3. The second kappa shape index (κ2) is 8.26. The summed E-state index contributed by atoms with van der Waals surface area (Å²) >= 11 is 0. The van der Waals surface area contributed by atoms with Crippen LogP contribution in [0.4, 0.5) is 5.69 Å². The van der Waals surface area contributed by atoms with Gasteiger partial charge in [0.05, 0.1) is 4.92 Å². The lowest BCUT2D eigenvalue weighted by Gasteiger charge is -2.08. The first-order valence-electron chi connectivity index (χ1n) is 6.41. The molecule has 0 amide bonds. The van der Waals surface area contributed by atoms with E-state index >= 15 is 0 Å². The maximum atomic E-state index is 10.9. The lowest BCUT2D eigenvalue weighted by Crippen LogP contribution is -2.13. The third-order valence-corrected chi connectivity index (χ3v) is 2.55. The van der Waals surface area contributed by atoms with Crippen molar-refractivity contribution in [2.75, 3.05) is 13.2 Å². The molecule has 0 fully saturated rings.